The third-order valence-corrected chi connectivity index (χ3v) is 8.32. The molecule has 0 saturated heterocycles. The van der Waals surface area contributed by atoms with E-state index in [1.165, 1.54) is 37.1 Å². The van der Waals surface area contributed by atoms with E-state index in [0.717, 1.165) is 6.42 Å². The summed E-state index contributed by atoms with van der Waals surface area (Å²) in [4.78, 5) is 0. The van der Waals surface area contributed by atoms with Crippen LogP contribution >= 0.6 is 0 Å². The van der Waals surface area contributed by atoms with Gasteiger partial charge in [0.1, 0.15) is 8.80 Å². The van der Waals surface area contributed by atoms with Crippen molar-refractivity contribution in [2.24, 2.45) is 0 Å². The fourth-order valence-corrected chi connectivity index (χ4v) is 6.74. The molecule has 0 atom stereocenters. The van der Waals surface area contributed by atoms with E-state index in [-0.39, 0.29) is 26.2 Å². The number of hydrogen-bond donors (Lipinski definition) is 0. The molecule has 1 radical (unpaired) electrons. The summed E-state index contributed by atoms with van der Waals surface area (Å²) in [5.41, 5.74) is 0. The molecule has 5 aromatic carbocycles. The van der Waals surface area contributed by atoms with Crippen LogP contribution in [0.4, 0.5) is 0 Å². The second-order valence-corrected chi connectivity index (χ2v) is 10.1. The van der Waals surface area contributed by atoms with Crippen LogP contribution in [-0.4, -0.2) is 8.80 Å². The molecule has 6 rings (SSSR count). The first-order valence-electron chi connectivity index (χ1n) is 10.7. The smallest absolute Gasteiger partial charge is 0.273 e. The molecule has 2 heteroatoms. The molecule has 0 N–H and O–H groups in total. The first-order chi connectivity index (χ1) is 15.4. The Kier molecular flexibility index (Phi) is 7.58. The molecule has 1 aliphatic carbocycles. The van der Waals surface area contributed by atoms with Crippen LogP contribution in [0.25, 0.3) is 21.5 Å². The zero-order valence-electron chi connectivity index (χ0n) is 17.8. The van der Waals surface area contributed by atoms with Crippen molar-refractivity contribution in [2.75, 3.05) is 0 Å². The van der Waals surface area contributed by atoms with E-state index >= 15 is 0 Å². The van der Waals surface area contributed by atoms with E-state index in [4.69, 9.17) is 0 Å². The van der Waals surface area contributed by atoms with Crippen LogP contribution in [0.3, 0.4) is 0 Å². The Morgan fingerprint density at radius 2 is 1.06 bits per heavy atom. The number of benzene rings is 4. The third kappa shape index (κ3) is 4.88. The zero-order chi connectivity index (χ0) is 20.9. The minimum atomic E-state index is -0.859. The summed E-state index contributed by atoms with van der Waals surface area (Å²) >= 11 is 0. The van der Waals surface area contributed by atoms with Crippen molar-refractivity contribution in [1.82, 2.24) is 0 Å². The Morgan fingerprint density at radius 1 is 0.594 bits per heavy atom. The maximum atomic E-state index is 3.50. The predicted octanol–water partition coefficient (Wildman–Crippen LogP) is 6.23. The average molecular weight is 503 g/mol. The van der Waals surface area contributed by atoms with Gasteiger partial charge in [0, 0.05) is 0 Å². The van der Waals surface area contributed by atoms with Crippen molar-refractivity contribution in [1.29, 1.82) is 0 Å². The second-order valence-electron chi connectivity index (χ2n) is 7.62. The summed E-state index contributed by atoms with van der Waals surface area (Å²) in [6.45, 7) is 0. The fourth-order valence-electron chi connectivity index (χ4n) is 4.17. The molecule has 32 heavy (non-hydrogen) atoms. The molecule has 0 amide bonds. The van der Waals surface area contributed by atoms with Gasteiger partial charge < -0.3 is 0 Å². The fraction of sp³-hybridized carbons (Fsp3) is 0.0333. The Hall–Kier alpha value is -2.67. The van der Waals surface area contributed by atoms with E-state index < -0.39 is 8.80 Å². The Balaban J connectivity index is 0.000000155. The van der Waals surface area contributed by atoms with E-state index in [9.17, 15) is 0 Å². The van der Waals surface area contributed by atoms with Crippen molar-refractivity contribution in [3.8, 4) is 0 Å². The first kappa shape index (κ1) is 22.5. The minimum absolute atomic E-state index is 0. The van der Waals surface area contributed by atoms with E-state index in [1.54, 1.807) is 0 Å². The van der Waals surface area contributed by atoms with Gasteiger partial charge >= 0.3 is 26.2 Å². The van der Waals surface area contributed by atoms with Crippen LogP contribution in [-0.2, 0) is 26.2 Å². The van der Waals surface area contributed by atoms with Crippen molar-refractivity contribution in [3.05, 3.63) is 139 Å². The largest absolute Gasteiger partial charge is 2.00 e. The van der Waals surface area contributed by atoms with Gasteiger partial charge in [0.25, 0.3) is 0 Å². The van der Waals surface area contributed by atoms with Gasteiger partial charge in [0.2, 0.25) is 0 Å². The molecule has 0 bridgehead atoms. The standard InChI is InChI=1S/C17H14Si.C13H9.Zr/c1-3-9-15(10-4-1)18(17-13-7-8-14-17)16-11-5-2-6-12-16;1-3-7-12-10(5-1)9-11-6-2-4-8-13(11)12;/h1-7,9-13H,8H2;1-9H;/q2*-1;+2. The molecule has 0 aromatic heterocycles. The van der Waals surface area contributed by atoms with Crippen molar-refractivity contribution >= 4 is 40.7 Å². The molecular weight excluding hydrogens is 480 g/mol. The summed E-state index contributed by atoms with van der Waals surface area (Å²) in [5, 5.41) is 9.64. The summed E-state index contributed by atoms with van der Waals surface area (Å²) in [6, 6.07) is 40.9. The number of allylic oxidation sites excluding steroid dienone is 4. The van der Waals surface area contributed by atoms with Gasteiger partial charge in [-0.25, -0.2) is 11.3 Å². The van der Waals surface area contributed by atoms with Crippen LogP contribution in [0, 0.1) is 6.08 Å². The molecule has 0 fully saturated rings. The third-order valence-electron chi connectivity index (χ3n) is 5.61. The molecule has 0 unspecified atom stereocenters. The van der Waals surface area contributed by atoms with Gasteiger partial charge in [-0.1, -0.05) is 107 Å². The second kappa shape index (κ2) is 10.8. The van der Waals surface area contributed by atoms with E-state index in [0.29, 0.717) is 0 Å². The molecular formula is C30H23SiZr. The minimum Gasteiger partial charge on any atom is -0.273 e. The molecule has 1 aliphatic rings. The van der Waals surface area contributed by atoms with Gasteiger partial charge in [-0.3, -0.25) is 6.08 Å². The normalized spacial score (nSPS) is 12.3. The summed E-state index contributed by atoms with van der Waals surface area (Å²) in [7, 11) is -0.859. The van der Waals surface area contributed by atoms with Crippen LogP contribution in [0.2, 0.25) is 0 Å². The number of fused-ring (bicyclic) bond motifs is 3. The first-order valence-corrected chi connectivity index (χ1v) is 12.2. The Bertz CT molecular complexity index is 1260. The molecule has 0 spiro atoms. The van der Waals surface area contributed by atoms with Crippen LogP contribution < -0.4 is 10.4 Å². The topological polar surface area (TPSA) is 0 Å². The van der Waals surface area contributed by atoms with Gasteiger partial charge in [-0.2, -0.15) is 6.08 Å². The van der Waals surface area contributed by atoms with Gasteiger partial charge in [0.05, 0.1) is 0 Å². The van der Waals surface area contributed by atoms with Gasteiger partial charge in [-0.05, 0) is 0 Å². The summed E-state index contributed by atoms with van der Waals surface area (Å²) in [6.07, 6.45) is 8.91. The molecule has 5 aromatic rings. The number of rotatable bonds is 3. The maximum Gasteiger partial charge on any atom is 2.00 e. The Labute approximate surface area is 211 Å². The van der Waals surface area contributed by atoms with Crippen molar-refractivity contribution < 1.29 is 26.2 Å². The van der Waals surface area contributed by atoms with Gasteiger partial charge in [0.15, 0.2) is 0 Å². The molecule has 0 aliphatic heterocycles. The molecule has 0 saturated carbocycles. The number of hydrogen-bond acceptors (Lipinski definition) is 0. The average Bonchev–Trinajstić information content (AvgIpc) is 3.49. The quantitative estimate of drug-likeness (QED) is 0.203. The van der Waals surface area contributed by atoms with Crippen LogP contribution in [0.15, 0.2) is 133 Å². The Morgan fingerprint density at radius 3 is 1.53 bits per heavy atom. The monoisotopic (exact) mass is 501 g/mol. The van der Waals surface area contributed by atoms with E-state index in [2.05, 4.69) is 133 Å². The van der Waals surface area contributed by atoms with Crippen molar-refractivity contribution in [2.45, 2.75) is 6.42 Å². The predicted molar refractivity (Wildman–Crippen MR) is 135 cm³/mol. The van der Waals surface area contributed by atoms with Crippen LogP contribution in [0.1, 0.15) is 6.42 Å². The SMILES string of the molecule is [C-]1=C([Si](c2ccccc2)c2ccccc2)C=CC1.[Zr+2].c1ccc2c(c1)[cH-]c1ccccc12. The zero-order valence-corrected chi connectivity index (χ0v) is 21.3. The molecule has 0 heterocycles. The van der Waals surface area contributed by atoms with Crippen molar-refractivity contribution in [3.63, 3.8) is 0 Å². The summed E-state index contributed by atoms with van der Waals surface area (Å²) in [5.74, 6) is 0. The molecule has 0 nitrogen and oxygen atoms in total. The van der Waals surface area contributed by atoms with E-state index in [1.807, 2.05) is 0 Å². The maximum absolute atomic E-state index is 3.50. The van der Waals surface area contributed by atoms with Gasteiger partial charge in [-0.15, -0.1) is 46.2 Å². The molecule has 151 valence electrons. The van der Waals surface area contributed by atoms with Crippen LogP contribution in [0.5, 0.6) is 0 Å². The summed E-state index contributed by atoms with van der Waals surface area (Å²) < 4.78 is 0.